The minimum absolute atomic E-state index is 0.0487. The molecule has 0 spiro atoms. The molecule has 0 saturated heterocycles. The van der Waals surface area contributed by atoms with Crippen molar-refractivity contribution in [3.8, 4) is 11.5 Å². The van der Waals surface area contributed by atoms with Crippen molar-refractivity contribution in [2.75, 3.05) is 7.11 Å². The van der Waals surface area contributed by atoms with Crippen LogP contribution in [0.4, 0.5) is 8.78 Å². The van der Waals surface area contributed by atoms with Gasteiger partial charge in [0.2, 0.25) is 0 Å². The Morgan fingerprint density at radius 3 is 2.71 bits per heavy atom. The van der Waals surface area contributed by atoms with Crippen LogP contribution in [0.1, 0.15) is 15.9 Å². The summed E-state index contributed by atoms with van der Waals surface area (Å²) in [5.74, 6) is -1.53. The van der Waals surface area contributed by atoms with Gasteiger partial charge in [-0.1, -0.05) is 23.7 Å². The number of aldehydes is 1. The second kappa shape index (κ2) is 6.54. The summed E-state index contributed by atoms with van der Waals surface area (Å²) in [5.41, 5.74) is 0.369. The molecule has 6 heteroatoms. The van der Waals surface area contributed by atoms with E-state index in [0.717, 1.165) is 6.07 Å². The molecule has 0 fully saturated rings. The van der Waals surface area contributed by atoms with Crippen molar-refractivity contribution >= 4 is 17.9 Å². The molecule has 110 valence electrons. The average Bonchev–Trinajstić information content (AvgIpc) is 2.49. The van der Waals surface area contributed by atoms with Gasteiger partial charge in [-0.05, 0) is 18.2 Å². The summed E-state index contributed by atoms with van der Waals surface area (Å²) in [4.78, 5) is 10.8. The van der Waals surface area contributed by atoms with Crippen molar-refractivity contribution in [1.29, 1.82) is 0 Å². The lowest BCUT2D eigenvalue weighted by atomic mass is 10.2. The number of benzene rings is 2. The molecule has 2 aromatic rings. The van der Waals surface area contributed by atoms with E-state index in [0.29, 0.717) is 11.8 Å². The van der Waals surface area contributed by atoms with Crippen LogP contribution in [-0.4, -0.2) is 13.4 Å². The van der Waals surface area contributed by atoms with E-state index in [-0.39, 0.29) is 28.7 Å². The van der Waals surface area contributed by atoms with Crippen LogP contribution in [0.3, 0.4) is 0 Å². The van der Waals surface area contributed by atoms with Crippen LogP contribution in [0, 0.1) is 11.6 Å². The van der Waals surface area contributed by atoms with Crippen LogP contribution in [-0.2, 0) is 6.61 Å². The fourth-order valence-electron chi connectivity index (χ4n) is 1.76. The highest BCUT2D eigenvalue weighted by atomic mass is 35.5. The normalized spacial score (nSPS) is 10.3. The van der Waals surface area contributed by atoms with E-state index in [9.17, 15) is 13.6 Å². The van der Waals surface area contributed by atoms with Gasteiger partial charge in [-0.3, -0.25) is 4.79 Å². The predicted molar refractivity (Wildman–Crippen MR) is 74.1 cm³/mol. The molecule has 0 amide bonds. The topological polar surface area (TPSA) is 35.5 Å². The second-order valence-corrected chi connectivity index (χ2v) is 4.56. The summed E-state index contributed by atoms with van der Waals surface area (Å²) < 4.78 is 37.1. The first-order valence-corrected chi connectivity index (χ1v) is 6.33. The Bertz CT molecular complexity index is 674. The largest absolute Gasteiger partial charge is 0.493 e. The van der Waals surface area contributed by atoms with Gasteiger partial charge in [0.05, 0.1) is 12.1 Å². The van der Waals surface area contributed by atoms with Gasteiger partial charge < -0.3 is 9.47 Å². The van der Waals surface area contributed by atoms with Gasteiger partial charge in [-0.15, -0.1) is 0 Å². The number of rotatable bonds is 5. The lowest BCUT2D eigenvalue weighted by Gasteiger charge is -2.13. The Balaban J connectivity index is 2.27. The number of carbonyl (C=O) groups is 1. The van der Waals surface area contributed by atoms with Crippen molar-refractivity contribution in [2.45, 2.75) is 6.61 Å². The molecule has 0 unspecified atom stereocenters. The molecule has 0 aliphatic carbocycles. The molecule has 0 aromatic heterocycles. The van der Waals surface area contributed by atoms with E-state index >= 15 is 0 Å². The lowest BCUT2D eigenvalue weighted by Crippen LogP contribution is -2.02. The third kappa shape index (κ3) is 3.31. The fourth-order valence-corrected chi connectivity index (χ4v) is 2.03. The van der Waals surface area contributed by atoms with E-state index in [1.807, 2.05) is 0 Å². The van der Waals surface area contributed by atoms with E-state index in [4.69, 9.17) is 21.1 Å². The van der Waals surface area contributed by atoms with Gasteiger partial charge >= 0.3 is 0 Å². The smallest absolute Gasteiger partial charge is 0.180 e. The van der Waals surface area contributed by atoms with Crippen LogP contribution in [0.25, 0.3) is 0 Å². The molecular formula is C15H11ClF2O3. The molecule has 2 rings (SSSR count). The highest BCUT2D eigenvalue weighted by Crippen LogP contribution is 2.36. The maximum absolute atomic E-state index is 13.5. The van der Waals surface area contributed by atoms with Crippen LogP contribution >= 0.6 is 11.6 Å². The van der Waals surface area contributed by atoms with Gasteiger partial charge in [0, 0.05) is 11.1 Å². The molecule has 0 radical (unpaired) electrons. The molecule has 2 aromatic carbocycles. The number of halogens is 3. The molecule has 3 nitrogen and oxygen atoms in total. The van der Waals surface area contributed by atoms with Crippen LogP contribution < -0.4 is 9.47 Å². The molecule has 0 atom stereocenters. The standard InChI is InChI=1S/C15H11ClF2O3/c1-20-13-6-9(7-19)5-11(16)15(13)21-8-10-3-2-4-12(17)14(10)18/h2-7H,8H2,1H3. The maximum Gasteiger partial charge on any atom is 0.180 e. The Morgan fingerprint density at radius 1 is 1.29 bits per heavy atom. The minimum atomic E-state index is -0.975. The van der Waals surface area contributed by atoms with Gasteiger partial charge in [0.25, 0.3) is 0 Å². The van der Waals surface area contributed by atoms with Gasteiger partial charge in [0.15, 0.2) is 23.1 Å². The first-order valence-electron chi connectivity index (χ1n) is 5.95. The zero-order valence-corrected chi connectivity index (χ0v) is 11.8. The summed E-state index contributed by atoms with van der Waals surface area (Å²) in [6, 6.07) is 6.64. The van der Waals surface area contributed by atoms with E-state index in [1.54, 1.807) is 0 Å². The minimum Gasteiger partial charge on any atom is -0.493 e. The zero-order chi connectivity index (χ0) is 15.4. The van der Waals surface area contributed by atoms with Crippen molar-refractivity contribution in [1.82, 2.24) is 0 Å². The number of carbonyl (C=O) groups excluding carboxylic acids is 1. The Labute approximate surface area is 125 Å². The first kappa shape index (κ1) is 15.3. The monoisotopic (exact) mass is 312 g/mol. The third-order valence-corrected chi connectivity index (χ3v) is 3.07. The SMILES string of the molecule is COc1cc(C=O)cc(Cl)c1OCc1cccc(F)c1F. The molecule has 0 aliphatic rings. The molecule has 0 saturated carbocycles. The van der Waals surface area contributed by atoms with Crippen molar-refractivity contribution in [3.05, 3.63) is 58.1 Å². The first-order chi connectivity index (χ1) is 10.1. The van der Waals surface area contributed by atoms with Crippen LogP contribution in [0.5, 0.6) is 11.5 Å². The Morgan fingerprint density at radius 2 is 2.05 bits per heavy atom. The maximum atomic E-state index is 13.5. The fraction of sp³-hybridized carbons (Fsp3) is 0.133. The highest BCUT2D eigenvalue weighted by molar-refractivity contribution is 6.32. The summed E-state index contributed by atoms with van der Waals surface area (Å²) in [6.45, 7) is -0.222. The van der Waals surface area contributed by atoms with Gasteiger partial charge in [-0.25, -0.2) is 8.78 Å². The van der Waals surface area contributed by atoms with Crippen LogP contribution in [0.15, 0.2) is 30.3 Å². The van der Waals surface area contributed by atoms with E-state index in [2.05, 4.69) is 0 Å². The average molecular weight is 313 g/mol. The summed E-state index contributed by atoms with van der Waals surface area (Å²) >= 11 is 6.00. The van der Waals surface area contributed by atoms with Gasteiger partial charge in [-0.2, -0.15) is 0 Å². The van der Waals surface area contributed by atoms with Crippen molar-refractivity contribution in [3.63, 3.8) is 0 Å². The van der Waals surface area contributed by atoms with Gasteiger partial charge in [0.1, 0.15) is 12.9 Å². The lowest BCUT2D eigenvalue weighted by molar-refractivity contribution is 0.112. The summed E-state index contributed by atoms with van der Waals surface area (Å²) in [6.07, 6.45) is 0.615. The van der Waals surface area contributed by atoms with Crippen molar-refractivity contribution in [2.24, 2.45) is 0 Å². The number of hydrogen-bond donors (Lipinski definition) is 0. The van der Waals surface area contributed by atoms with E-state index < -0.39 is 11.6 Å². The molecular weight excluding hydrogens is 302 g/mol. The van der Waals surface area contributed by atoms with Crippen LogP contribution in [0.2, 0.25) is 5.02 Å². The predicted octanol–water partition coefficient (Wildman–Crippen LogP) is 4.02. The zero-order valence-electron chi connectivity index (χ0n) is 11.0. The highest BCUT2D eigenvalue weighted by Gasteiger charge is 2.14. The molecule has 0 heterocycles. The molecule has 0 bridgehead atoms. The Kier molecular flexibility index (Phi) is 4.75. The summed E-state index contributed by atoms with van der Waals surface area (Å²) in [5, 5.41) is 0.147. The Hall–Kier alpha value is -2.14. The number of methoxy groups -OCH3 is 1. The van der Waals surface area contributed by atoms with Crippen molar-refractivity contribution < 1.29 is 23.0 Å². The molecule has 0 N–H and O–H groups in total. The quantitative estimate of drug-likeness (QED) is 0.782. The number of hydrogen-bond acceptors (Lipinski definition) is 3. The third-order valence-electron chi connectivity index (χ3n) is 2.79. The summed E-state index contributed by atoms with van der Waals surface area (Å²) in [7, 11) is 1.38. The number of ether oxygens (including phenoxy) is 2. The second-order valence-electron chi connectivity index (χ2n) is 4.15. The van der Waals surface area contributed by atoms with E-state index in [1.165, 1.54) is 31.4 Å². The molecule has 21 heavy (non-hydrogen) atoms. The molecule has 0 aliphatic heterocycles.